The molecular formula is C14H16N6. The Hall–Kier alpha value is -2.21. The molecular weight excluding hydrogens is 252 g/mol. The highest BCUT2D eigenvalue weighted by atomic mass is 15.3. The van der Waals surface area contributed by atoms with Crippen LogP contribution in [0, 0.1) is 0 Å². The van der Waals surface area contributed by atoms with Gasteiger partial charge >= 0.3 is 0 Å². The van der Waals surface area contributed by atoms with E-state index in [1.807, 2.05) is 28.7 Å². The first-order valence-electron chi connectivity index (χ1n) is 6.85. The van der Waals surface area contributed by atoms with E-state index in [-0.39, 0.29) is 0 Å². The minimum absolute atomic E-state index is 0.841. The summed E-state index contributed by atoms with van der Waals surface area (Å²) in [5.74, 6) is 0.939. The Kier molecular flexibility index (Phi) is 2.56. The summed E-state index contributed by atoms with van der Waals surface area (Å²) in [5.41, 5.74) is 2.87. The molecule has 3 heterocycles. The third kappa shape index (κ3) is 1.72. The summed E-state index contributed by atoms with van der Waals surface area (Å²) in [6, 6.07) is 8.11. The minimum Gasteiger partial charge on any atom is -0.351 e. The number of rotatable bonds is 1. The van der Waals surface area contributed by atoms with Gasteiger partial charge in [-0.05, 0) is 19.2 Å². The molecule has 102 valence electrons. The van der Waals surface area contributed by atoms with Gasteiger partial charge in [0.1, 0.15) is 6.33 Å². The first kappa shape index (κ1) is 11.6. The van der Waals surface area contributed by atoms with Crippen molar-refractivity contribution in [3.05, 3.63) is 30.6 Å². The summed E-state index contributed by atoms with van der Waals surface area (Å²) in [6.45, 7) is 4.05. The van der Waals surface area contributed by atoms with Crippen LogP contribution in [-0.2, 0) is 0 Å². The fraction of sp³-hybridized carbons (Fsp3) is 0.357. The number of aromatic nitrogens is 4. The van der Waals surface area contributed by atoms with Gasteiger partial charge in [-0.2, -0.15) is 0 Å². The van der Waals surface area contributed by atoms with Crippen LogP contribution in [0.25, 0.3) is 16.7 Å². The molecule has 0 spiro atoms. The van der Waals surface area contributed by atoms with Crippen LogP contribution in [0.4, 0.5) is 5.82 Å². The van der Waals surface area contributed by atoms with Gasteiger partial charge in [-0.25, -0.2) is 4.98 Å². The molecule has 2 aromatic heterocycles. The predicted octanol–water partition coefficient (Wildman–Crippen LogP) is 1.03. The van der Waals surface area contributed by atoms with Crippen molar-refractivity contribution in [3.63, 3.8) is 0 Å². The van der Waals surface area contributed by atoms with E-state index in [0.29, 0.717) is 0 Å². The van der Waals surface area contributed by atoms with Gasteiger partial charge in [-0.3, -0.25) is 4.40 Å². The molecule has 1 aliphatic heterocycles. The van der Waals surface area contributed by atoms with Crippen LogP contribution in [-0.4, -0.2) is 57.7 Å². The number of nitrogens with zero attached hydrogens (tertiary/aromatic N) is 6. The number of anilines is 1. The second kappa shape index (κ2) is 4.42. The molecule has 0 unspecified atom stereocenters. The van der Waals surface area contributed by atoms with Crippen molar-refractivity contribution in [1.82, 2.24) is 24.5 Å². The number of likely N-dealkylation sites (N-methyl/N-ethyl adjacent to an activating group) is 1. The highest BCUT2D eigenvalue weighted by molar-refractivity contribution is 5.82. The smallest absolute Gasteiger partial charge is 0.204 e. The van der Waals surface area contributed by atoms with Crippen LogP contribution in [0.5, 0.6) is 0 Å². The number of hydrogen-bond acceptors (Lipinski definition) is 5. The third-order valence-corrected chi connectivity index (χ3v) is 3.92. The maximum atomic E-state index is 4.81. The van der Waals surface area contributed by atoms with Crippen LogP contribution < -0.4 is 4.90 Å². The van der Waals surface area contributed by atoms with E-state index in [9.17, 15) is 0 Å². The summed E-state index contributed by atoms with van der Waals surface area (Å²) in [7, 11) is 2.15. The van der Waals surface area contributed by atoms with Crippen molar-refractivity contribution < 1.29 is 0 Å². The van der Waals surface area contributed by atoms with Crippen molar-refractivity contribution in [2.75, 3.05) is 38.1 Å². The SMILES string of the molecule is CN1CCN(c2nc3ccccc3n3cnnc23)CC1. The second-order valence-corrected chi connectivity index (χ2v) is 5.24. The van der Waals surface area contributed by atoms with Crippen molar-refractivity contribution in [2.45, 2.75) is 0 Å². The fourth-order valence-electron chi connectivity index (χ4n) is 2.72. The molecule has 0 radical (unpaired) electrons. The largest absolute Gasteiger partial charge is 0.351 e. The summed E-state index contributed by atoms with van der Waals surface area (Å²) >= 11 is 0. The number of piperazine rings is 1. The lowest BCUT2D eigenvalue weighted by Gasteiger charge is -2.33. The molecule has 1 saturated heterocycles. The molecule has 0 atom stereocenters. The molecule has 6 heteroatoms. The lowest BCUT2D eigenvalue weighted by atomic mass is 10.3. The number of fused-ring (bicyclic) bond motifs is 3. The second-order valence-electron chi connectivity index (χ2n) is 5.24. The van der Waals surface area contributed by atoms with Gasteiger partial charge in [0, 0.05) is 26.2 Å². The molecule has 0 amide bonds. The molecule has 1 aliphatic rings. The van der Waals surface area contributed by atoms with Crippen LogP contribution in [0.2, 0.25) is 0 Å². The highest BCUT2D eigenvalue weighted by Gasteiger charge is 2.20. The van der Waals surface area contributed by atoms with E-state index < -0.39 is 0 Å². The van der Waals surface area contributed by atoms with Gasteiger partial charge in [0.15, 0.2) is 5.82 Å². The van der Waals surface area contributed by atoms with E-state index in [1.54, 1.807) is 6.33 Å². The monoisotopic (exact) mass is 268 g/mol. The number of benzene rings is 1. The maximum Gasteiger partial charge on any atom is 0.204 e. The quantitative estimate of drug-likeness (QED) is 0.660. The molecule has 0 saturated carbocycles. The Morgan fingerprint density at radius 1 is 1.05 bits per heavy atom. The summed E-state index contributed by atoms with van der Waals surface area (Å²) in [5, 5.41) is 8.32. The molecule has 6 nitrogen and oxygen atoms in total. The maximum absolute atomic E-state index is 4.81. The van der Waals surface area contributed by atoms with E-state index in [2.05, 4.69) is 27.0 Å². The lowest BCUT2D eigenvalue weighted by Crippen LogP contribution is -2.45. The molecule has 0 bridgehead atoms. The molecule has 1 aromatic carbocycles. The first-order chi connectivity index (χ1) is 9.83. The Labute approximate surface area is 116 Å². The third-order valence-electron chi connectivity index (χ3n) is 3.92. The van der Waals surface area contributed by atoms with Gasteiger partial charge in [-0.15, -0.1) is 10.2 Å². The zero-order valence-electron chi connectivity index (χ0n) is 11.4. The number of hydrogen-bond donors (Lipinski definition) is 0. The average molecular weight is 268 g/mol. The van der Waals surface area contributed by atoms with Gasteiger partial charge in [-0.1, -0.05) is 12.1 Å². The Bertz CT molecular complexity index is 757. The average Bonchev–Trinajstić information content (AvgIpc) is 2.97. The van der Waals surface area contributed by atoms with Crippen molar-refractivity contribution >= 4 is 22.5 Å². The molecule has 1 fully saturated rings. The molecule has 4 rings (SSSR count). The Balaban J connectivity index is 1.90. The van der Waals surface area contributed by atoms with Gasteiger partial charge in [0.05, 0.1) is 11.0 Å². The van der Waals surface area contributed by atoms with Crippen LogP contribution in [0.15, 0.2) is 30.6 Å². The van der Waals surface area contributed by atoms with Crippen molar-refractivity contribution in [1.29, 1.82) is 0 Å². The van der Waals surface area contributed by atoms with E-state index >= 15 is 0 Å². The summed E-state index contributed by atoms with van der Waals surface area (Å²) in [6.07, 6.45) is 1.76. The van der Waals surface area contributed by atoms with Crippen LogP contribution in [0.1, 0.15) is 0 Å². The van der Waals surface area contributed by atoms with Gasteiger partial charge in [0.25, 0.3) is 0 Å². The van der Waals surface area contributed by atoms with E-state index in [1.165, 1.54) is 0 Å². The molecule has 20 heavy (non-hydrogen) atoms. The Morgan fingerprint density at radius 3 is 2.70 bits per heavy atom. The number of para-hydroxylation sites is 2. The van der Waals surface area contributed by atoms with Crippen molar-refractivity contribution in [2.24, 2.45) is 0 Å². The summed E-state index contributed by atoms with van der Waals surface area (Å²) < 4.78 is 2.02. The van der Waals surface area contributed by atoms with Crippen LogP contribution in [0.3, 0.4) is 0 Å². The summed E-state index contributed by atoms with van der Waals surface area (Å²) in [4.78, 5) is 9.44. The van der Waals surface area contributed by atoms with Crippen molar-refractivity contribution in [3.8, 4) is 0 Å². The molecule has 0 aliphatic carbocycles. The predicted molar refractivity (Wildman–Crippen MR) is 78.0 cm³/mol. The molecule has 3 aromatic rings. The highest BCUT2D eigenvalue weighted by Crippen LogP contribution is 2.23. The molecule has 0 N–H and O–H groups in total. The topological polar surface area (TPSA) is 49.6 Å². The van der Waals surface area contributed by atoms with Crippen LogP contribution >= 0.6 is 0 Å². The van der Waals surface area contributed by atoms with E-state index in [0.717, 1.165) is 48.7 Å². The van der Waals surface area contributed by atoms with E-state index in [4.69, 9.17) is 4.98 Å². The Morgan fingerprint density at radius 2 is 1.85 bits per heavy atom. The zero-order valence-corrected chi connectivity index (χ0v) is 11.4. The first-order valence-corrected chi connectivity index (χ1v) is 6.85. The minimum atomic E-state index is 0.841. The van der Waals surface area contributed by atoms with Gasteiger partial charge < -0.3 is 9.80 Å². The van der Waals surface area contributed by atoms with Gasteiger partial charge in [0.2, 0.25) is 5.65 Å². The fourth-order valence-corrected chi connectivity index (χ4v) is 2.72. The lowest BCUT2D eigenvalue weighted by molar-refractivity contribution is 0.312. The zero-order chi connectivity index (χ0) is 13.5. The normalized spacial score (nSPS) is 17.1. The standard InChI is InChI=1S/C14H16N6/c1-18-6-8-19(9-7-18)13-14-17-15-10-20(14)12-5-3-2-4-11(12)16-13/h2-5,10H,6-9H2,1H3.